The molecule has 1 aromatic carbocycles. The smallest absolute Gasteiger partial charge is 0.373 e. The maximum atomic E-state index is 11.2. The van der Waals surface area contributed by atoms with Gasteiger partial charge in [-0.2, -0.15) is 0 Å². The summed E-state index contributed by atoms with van der Waals surface area (Å²) in [5, 5.41) is 0.656. The first-order valence-corrected chi connectivity index (χ1v) is 6.02. The summed E-state index contributed by atoms with van der Waals surface area (Å²) < 4.78 is 9.90. The number of ether oxygens (including phenoxy) is 1. The molecule has 0 saturated heterocycles. The second-order valence-corrected chi connectivity index (χ2v) is 3.60. The topological polar surface area (TPSA) is 39.4 Å². The first-order chi connectivity index (χ1) is 8.70. The van der Waals surface area contributed by atoms with Gasteiger partial charge in [-0.25, -0.2) is 4.79 Å². The molecule has 18 heavy (non-hydrogen) atoms. The van der Waals surface area contributed by atoms with E-state index in [9.17, 15) is 4.79 Å². The van der Waals surface area contributed by atoms with Crippen molar-refractivity contribution in [3.05, 3.63) is 47.2 Å². The molecule has 96 valence electrons. The van der Waals surface area contributed by atoms with Crippen molar-refractivity contribution in [2.24, 2.45) is 0 Å². The van der Waals surface area contributed by atoms with Crippen molar-refractivity contribution < 1.29 is 13.9 Å². The molecule has 0 N–H and O–H groups in total. The molecule has 0 aliphatic heterocycles. The zero-order valence-electron chi connectivity index (χ0n) is 10.6. The molecule has 4 heteroatoms. The van der Waals surface area contributed by atoms with Crippen LogP contribution in [0.5, 0.6) is 0 Å². The molecule has 1 heterocycles. The Balaban J connectivity index is 0.000000771. The van der Waals surface area contributed by atoms with E-state index in [2.05, 4.69) is 4.74 Å². The Morgan fingerprint density at radius 1 is 1.11 bits per heavy atom. The number of benzene rings is 1. The van der Waals surface area contributed by atoms with Crippen LogP contribution in [0.25, 0.3) is 11.3 Å². The van der Waals surface area contributed by atoms with Crippen LogP contribution in [0.1, 0.15) is 24.4 Å². The third-order valence-corrected chi connectivity index (χ3v) is 2.37. The molecule has 3 nitrogen and oxygen atoms in total. The lowest BCUT2D eigenvalue weighted by Crippen LogP contribution is -1.98. The van der Waals surface area contributed by atoms with Gasteiger partial charge in [-0.3, -0.25) is 0 Å². The highest BCUT2D eigenvalue weighted by Gasteiger charge is 2.11. The zero-order chi connectivity index (χ0) is 13.5. The van der Waals surface area contributed by atoms with E-state index in [0.717, 1.165) is 5.56 Å². The molecule has 0 aliphatic rings. The Morgan fingerprint density at radius 2 is 1.72 bits per heavy atom. The highest BCUT2D eigenvalue weighted by atomic mass is 35.5. The van der Waals surface area contributed by atoms with Gasteiger partial charge in [-0.15, -0.1) is 0 Å². The number of methoxy groups -OCH3 is 1. The number of hydrogen-bond donors (Lipinski definition) is 0. The van der Waals surface area contributed by atoms with Gasteiger partial charge in [0.2, 0.25) is 5.76 Å². The fraction of sp³-hybridized carbons (Fsp3) is 0.214. The molecule has 0 fully saturated rings. The lowest BCUT2D eigenvalue weighted by molar-refractivity contribution is 0.0566. The van der Waals surface area contributed by atoms with Crippen LogP contribution in [0.15, 0.2) is 40.8 Å². The van der Waals surface area contributed by atoms with Crippen molar-refractivity contribution >= 4 is 17.6 Å². The molecule has 1 aromatic heterocycles. The molecule has 0 bridgehead atoms. The van der Waals surface area contributed by atoms with Gasteiger partial charge in [0.05, 0.1) is 7.11 Å². The number of esters is 1. The van der Waals surface area contributed by atoms with Crippen molar-refractivity contribution in [1.29, 1.82) is 0 Å². The lowest BCUT2D eigenvalue weighted by Gasteiger charge is -1.97. The fourth-order valence-electron chi connectivity index (χ4n) is 1.32. The number of hydrogen-bond acceptors (Lipinski definition) is 3. The molecule has 0 aliphatic carbocycles. The van der Waals surface area contributed by atoms with Crippen LogP contribution >= 0.6 is 11.6 Å². The summed E-state index contributed by atoms with van der Waals surface area (Å²) in [5.41, 5.74) is 0.861. The third kappa shape index (κ3) is 3.37. The van der Waals surface area contributed by atoms with Crippen molar-refractivity contribution in [1.82, 2.24) is 0 Å². The molecule has 2 aromatic rings. The van der Waals surface area contributed by atoms with Gasteiger partial charge in [-0.05, 0) is 36.4 Å². The van der Waals surface area contributed by atoms with Gasteiger partial charge >= 0.3 is 5.97 Å². The molecular weight excluding hydrogens is 252 g/mol. The van der Waals surface area contributed by atoms with E-state index in [4.69, 9.17) is 16.0 Å². The molecule has 0 radical (unpaired) electrons. The summed E-state index contributed by atoms with van der Waals surface area (Å²) in [7, 11) is 1.31. The van der Waals surface area contributed by atoms with E-state index >= 15 is 0 Å². The summed E-state index contributed by atoms with van der Waals surface area (Å²) in [6.07, 6.45) is 0. The van der Waals surface area contributed by atoms with Crippen molar-refractivity contribution in [3.63, 3.8) is 0 Å². The van der Waals surface area contributed by atoms with Crippen LogP contribution < -0.4 is 0 Å². The molecular formula is C14H15ClO3. The van der Waals surface area contributed by atoms with Gasteiger partial charge in [0.1, 0.15) is 5.76 Å². The molecule has 0 unspecified atom stereocenters. The summed E-state index contributed by atoms with van der Waals surface area (Å²) in [6.45, 7) is 4.00. The Kier molecular flexibility index (Phi) is 5.46. The van der Waals surface area contributed by atoms with E-state index in [1.807, 2.05) is 26.0 Å². The van der Waals surface area contributed by atoms with Crippen molar-refractivity contribution in [2.45, 2.75) is 13.8 Å². The zero-order valence-corrected chi connectivity index (χ0v) is 11.3. The van der Waals surface area contributed by atoms with E-state index in [-0.39, 0.29) is 5.76 Å². The van der Waals surface area contributed by atoms with Crippen LogP contribution in [0.2, 0.25) is 5.02 Å². The second kappa shape index (κ2) is 6.87. The van der Waals surface area contributed by atoms with Gasteiger partial charge in [0.25, 0.3) is 0 Å². The van der Waals surface area contributed by atoms with E-state index < -0.39 is 5.97 Å². The Hall–Kier alpha value is -1.74. The minimum atomic E-state index is -0.486. The molecule has 0 atom stereocenters. The minimum absolute atomic E-state index is 0.187. The molecule has 0 spiro atoms. The standard InChI is InChI=1S/C12H9ClO3.C2H6/c1-15-12(14)11-7-6-10(16-11)8-2-4-9(13)5-3-8;1-2/h2-7H,1H3;1-2H3. The number of halogens is 1. The van der Waals surface area contributed by atoms with E-state index in [0.29, 0.717) is 10.8 Å². The predicted octanol–water partition coefficient (Wildman–Crippen LogP) is 4.41. The second-order valence-electron chi connectivity index (χ2n) is 3.16. The average molecular weight is 267 g/mol. The van der Waals surface area contributed by atoms with Crippen LogP contribution in [0.3, 0.4) is 0 Å². The van der Waals surface area contributed by atoms with Gasteiger partial charge in [0.15, 0.2) is 0 Å². The Labute approximate surface area is 111 Å². The Morgan fingerprint density at radius 3 is 2.28 bits per heavy atom. The Bertz CT molecular complexity index is 500. The van der Waals surface area contributed by atoms with Crippen LogP contribution in [0, 0.1) is 0 Å². The largest absolute Gasteiger partial charge is 0.463 e. The van der Waals surface area contributed by atoms with E-state index in [1.54, 1.807) is 24.3 Å². The highest BCUT2D eigenvalue weighted by Crippen LogP contribution is 2.23. The normalized spacial score (nSPS) is 9.33. The van der Waals surface area contributed by atoms with Gasteiger partial charge in [-0.1, -0.05) is 25.4 Å². The number of rotatable bonds is 2. The van der Waals surface area contributed by atoms with Gasteiger partial charge in [0, 0.05) is 10.6 Å². The quantitative estimate of drug-likeness (QED) is 0.756. The minimum Gasteiger partial charge on any atom is -0.463 e. The van der Waals surface area contributed by atoms with Crippen LogP contribution in [-0.4, -0.2) is 13.1 Å². The van der Waals surface area contributed by atoms with E-state index in [1.165, 1.54) is 7.11 Å². The number of carbonyl (C=O) groups is 1. The number of furan rings is 1. The third-order valence-electron chi connectivity index (χ3n) is 2.12. The number of carbonyl (C=O) groups excluding carboxylic acids is 1. The molecule has 0 saturated carbocycles. The SMILES string of the molecule is CC.COC(=O)c1ccc(-c2ccc(Cl)cc2)o1. The monoisotopic (exact) mass is 266 g/mol. The maximum absolute atomic E-state index is 11.2. The van der Waals surface area contributed by atoms with Gasteiger partial charge < -0.3 is 9.15 Å². The van der Waals surface area contributed by atoms with Crippen LogP contribution in [0.4, 0.5) is 0 Å². The lowest BCUT2D eigenvalue weighted by atomic mass is 10.2. The molecule has 2 rings (SSSR count). The van der Waals surface area contributed by atoms with Crippen LogP contribution in [-0.2, 0) is 4.74 Å². The summed E-state index contributed by atoms with van der Waals surface area (Å²) in [5.74, 6) is 0.310. The van der Waals surface area contributed by atoms with Crippen molar-refractivity contribution in [3.8, 4) is 11.3 Å². The highest BCUT2D eigenvalue weighted by molar-refractivity contribution is 6.30. The summed E-state index contributed by atoms with van der Waals surface area (Å²) >= 11 is 5.77. The first kappa shape index (κ1) is 14.3. The first-order valence-electron chi connectivity index (χ1n) is 5.65. The summed E-state index contributed by atoms with van der Waals surface area (Å²) in [4.78, 5) is 11.2. The molecule has 0 amide bonds. The maximum Gasteiger partial charge on any atom is 0.373 e. The summed E-state index contributed by atoms with van der Waals surface area (Å²) in [6, 6.07) is 10.5. The average Bonchev–Trinajstić information content (AvgIpc) is 2.90. The van der Waals surface area contributed by atoms with Crippen molar-refractivity contribution in [2.75, 3.05) is 7.11 Å². The fourth-order valence-corrected chi connectivity index (χ4v) is 1.44. The predicted molar refractivity (Wildman–Crippen MR) is 71.8 cm³/mol.